The van der Waals surface area contributed by atoms with Crippen LogP contribution in [0.5, 0.6) is 0 Å². The zero-order valence-electron chi connectivity index (χ0n) is 6.42. The van der Waals surface area contributed by atoms with E-state index in [0.717, 1.165) is 18.6 Å². The van der Waals surface area contributed by atoms with Crippen molar-refractivity contribution in [2.45, 2.75) is 19.3 Å². The quantitative estimate of drug-likeness (QED) is 0.511. The molecule has 0 saturated carbocycles. The molecule has 1 heterocycles. The summed E-state index contributed by atoms with van der Waals surface area (Å²) in [6.07, 6.45) is 6.78. The molecule has 2 nitrogen and oxygen atoms in total. The molecule has 0 N–H and O–H groups in total. The molecule has 2 aliphatic rings. The van der Waals surface area contributed by atoms with Crippen molar-refractivity contribution >= 4 is 11.5 Å². The monoisotopic (exact) mass is 149 g/mol. The normalized spacial score (nSPS) is 29.6. The van der Waals surface area contributed by atoms with Crippen LogP contribution in [0.2, 0.25) is 0 Å². The van der Waals surface area contributed by atoms with Crippen LogP contribution in [0.4, 0.5) is 0 Å². The van der Waals surface area contributed by atoms with E-state index < -0.39 is 0 Å². The van der Waals surface area contributed by atoms with E-state index in [1.165, 1.54) is 0 Å². The first-order chi connectivity index (χ1) is 5.38. The Morgan fingerprint density at radius 3 is 3.27 bits per heavy atom. The van der Waals surface area contributed by atoms with E-state index in [-0.39, 0.29) is 5.92 Å². The van der Waals surface area contributed by atoms with Crippen LogP contribution in [0.1, 0.15) is 19.3 Å². The smallest absolute Gasteiger partial charge is 0.143 e. The summed E-state index contributed by atoms with van der Waals surface area (Å²) in [6, 6.07) is 0. The molecule has 0 aromatic rings. The molecule has 0 aromatic carbocycles. The number of ketones is 1. The van der Waals surface area contributed by atoms with Gasteiger partial charge in [0, 0.05) is 18.7 Å². The molecule has 0 saturated heterocycles. The van der Waals surface area contributed by atoms with Crippen LogP contribution in [-0.4, -0.2) is 18.0 Å². The first kappa shape index (κ1) is 6.77. The number of hydrogen-bond acceptors (Lipinski definition) is 2. The van der Waals surface area contributed by atoms with Gasteiger partial charge in [0.15, 0.2) is 0 Å². The van der Waals surface area contributed by atoms with Gasteiger partial charge in [0.05, 0.1) is 5.92 Å². The predicted molar refractivity (Wildman–Crippen MR) is 43.8 cm³/mol. The van der Waals surface area contributed by atoms with E-state index in [0.29, 0.717) is 18.7 Å². The van der Waals surface area contributed by atoms with Crippen LogP contribution in [0, 0.1) is 5.92 Å². The molecule has 2 heteroatoms. The van der Waals surface area contributed by atoms with Gasteiger partial charge in [0.1, 0.15) is 5.78 Å². The molecule has 0 spiro atoms. The maximum atomic E-state index is 11.3. The average molecular weight is 149 g/mol. The Bertz CT molecular complexity index is 240. The second-order valence-corrected chi connectivity index (χ2v) is 3.06. The number of nitrogens with zero attached hydrogens (tertiary/aromatic N) is 1. The highest BCUT2D eigenvalue weighted by Gasteiger charge is 2.26. The minimum Gasteiger partial charge on any atom is -0.299 e. The maximum absolute atomic E-state index is 11.3. The van der Waals surface area contributed by atoms with Crippen molar-refractivity contribution in [2.24, 2.45) is 10.9 Å². The molecule has 0 amide bonds. The van der Waals surface area contributed by atoms with Crippen molar-refractivity contribution in [1.29, 1.82) is 0 Å². The lowest BCUT2D eigenvalue weighted by Gasteiger charge is -2.22. The summed E-state index contributed by atoms with van der Waals surface area (Å²) >= 11 is 0. The second-order valence-electron chi connectivity index (χ2n) is 3.06. The first-order valence-corrected chi connectivity index (χ1v) is 4.11. The molecule has 1 aliphatic heterocycles. The molecule has 58 valence electrons. The third-order valence-electron chi connectivity index (χ3n) is 2.31. The zero-order valence-corrected chi connectivity index (χ0v) is 6.42. The fourth-order valence-corrected chi connectivity index (χ4v) is 1.69. The summed E-state index contributed by atoms with van der Waals surface area (Å²) < 4.78 is 0. The predicted octanol–water partition coefficient (Wildman–Crippen LogP) is 1.37. The Balaban J connectivity index is 2.30. The molecule has 0 fully saturated rings. The SMILES string of the molecule is O=C1CCN=C2C=CCCC12. The van der Waals surface area contributed by atoms with Gasteiger partial charge in [-0.3, -0.25) is 9.79 Å². The Labute approximate surface area is 66.0 Å². The molecule has 1 unspecified atom stereocenters. The van der Waals surface area contributed by atoms with E-state index >= 15 is 0 Å². The summed E-state index contributed by atoms with van der Waals surface area (Å²) in [5, 5.41) is 0. The average Bonchev–Trinajstić information content (AvgIpc) is 2.06. The lowest BCUT2D eigenvalue weighted by Crippen LogP contribution is -2.29. The number of Topliss-reactive ketones (excluding diaryl/α,β-unsaturated/α-hetero) is 1. The fourth-order valence-electron chi connectivity index (χ4n) is 1.69. The van der Waals surface area contributed by atoms with Crippen molar-refractivity contribution in [3.8, 4) is 0 Å². The number of hydrogen-bond donors (Lipinski definition) is 0. The highest BCUT2D eigenvalue weighted by atomic mass is 16.1. The van der Waals surface area contributed by atoms with Gasteiger partial charge in [-0.2, -0.15) is 0 Å². The van der Waals surface area contributed by atoms with Crippen LogP contribution in [-0.2, 0) is 4.79 Å². The molecular weight excluding hydrogens is 138 g/mol. The van der Waals surface area contributed by atoms with Gasteiger partial charge in [-0.25, -0.2) is 0 Å². The van der Waals surface area contributed by atoms with E-state index in [4.69, 9.17) is 0 Å². The number of allylic oxidation sites excluding steroid dienone is 2. The molecular formula is C9H11NO. The standard InChI is InChI=1S/C9H11NO/c11-9-5-6-10-8-4-2-1-3-7(8)9/h2,4,7H,1,3,5-6H2. The molecule has 11 heavy (non-hydrogen) atoms. The van der Waals surface area contributed by atoms with Crippen molar-refractivity contribution in [3.63, 3.8) is 0 Å². The van der Waals surface area contributed by atoms with Crippen LogP contribution >= 0.6 is 0 Å². The Hall–Kier alpha value is -0.920. The molecule has 1 aliphatic carbocycles. The van der Waals surface area contributed by atoms with Crippen molar-refractivity contribution in [1.82, 2.24) is 0 Å². The van der Waals surface area contributed by atoms with Crippen LogP contribution < -0.4 is 0 Å². The maximum Gasteiger partial charge on any atom is 0.143 e. The van der Waals surface area contributed by atoms with E-state index in [2.05, 4.69) is 11.1 Å². The van der Waals surface area contributed by atoms with Gasteiger partial charge in [0.25, 0.3) is 0 Å². The third kappa shape index (κ3) is 1.13. The largest absolute Gasteiger partial charge is 0.299 e. The van der Waals surface area contributed by atoms with Gasteiger partial charge < -0.3 is 0 Å². The topological polar surface area (TPSA) is 29.4 Å². The minimum absolute atomic E-state index is 0.147. The number of rotatable bonds is 0. The Morgan fingerprint density at radius 1 is 1.55 bits per heavy atom. The van der Waals surface area contributed by atoms with E-state index in [9.17, 15) is 4.79 Å². The lowest BCUT2D eigenvalue weighted by atomic mass is 9.85. The Morgan fingerprint density at radius 2 is 2.45 bits per heavy atom. The van der Waals surface area contributed by atoms with Crippen molar-refractivity contribution < 1.29 is 4.79 Å². The molecule has 1 atom stereocenters. The number of carbonyl (C=O) groups excluding carboxylic acids is 1. The highest BCUT2D eigenvalue weighted by molar-refractivity contribution is 6.12. The zero-order chi connectivity index (χ0) is 7.68. The number of fused-ring (bicyclic) bond motifs is 1. The summed E-state index contributed by atoms with van der Waals surface area (Å²) in [4.78, 5) is 15.6. The van der Waals surface area contributed by atoms with Crippen LogP contribution in [0.3, 0.4) is 0 Å². The molecule has 0 bridgehead atoms. The summed E-state index contributed by atoms with van der Waals surface area (Å²) in [5.74, 6) is 0.535. The molecule has 0 aromatic heterocycles. The lowest BCUT2D eigenvalue weighted by molar-refractivity contribution is -0.121. The minimum atomic E-state index is 0.147. The van der Waals surface area contributed by atoms with Crippen LogP contribution in [0.15, 0.2) is 17.1 Å². The second kappa shape index (κ2) is 2.61. The van der Waals surface area contributed by atoms with Gasteiger partial charge in [0.2, 0.25) is 0 Å². The summed E-state index contributed by atoms with van der Waals surface area (Å²) in [7, 11) is 0. The highest BCUT2D eigenvalue weighted by Crippen LogP contribution is 2.21. The van der Waals surface area contributed by atoms with Gasteiger partial charge in [-0.05, 0) is 18.9 Å². The molecule has 2 rings (SSSR count). The summed E-state index contributed by atoms with van der Waals surface area (Å²) in [5.41, 5.74) is 1.02. The summed E-state index contributed by atoms with van der Waals surface area (Å²) in [6.45, 7) is 0.703. The van der Waals surface area contributed by atoms with Gasteiger partial charge in [-0.1, -0.05) is 6.08 Å². The van der Waals surface area contributed by atoms with E-state index in [1.807, 2.05) is 6.08 Å². The van der Waals surface area contributed by atoms with Crippen molar-refractivity contribution in [2.75, 3.05) is 6.54 Å². The van der Waals surface area contributed by atoms with Crippen molar-refractivity contribution in [3.05, 3.63) is 12.2 Å². The van der Waals surface area contributed by atoms with Crippen LogP contribution in [0.25, 0.3) is 0 Å². The number of carbonyl (C=O) groups is 1. The fraction of sp³-hybridized carbons (Fsp3) is 0.556. The molecule has 0 radical (unpaired) electrons. The van der Waals surface area contributed by atoms with Gasteiger partial charge in [-0.15, -0.1) is 0 Å². The van der Waals surface area contributed by atoms with Gasteiger partial charge >= 0.3 is 0 Å². The Kier molecular flexibility index (Phi) is 1.60. The first-order valence-electron chi connectivity index (χ1n) is 4.11. The third-order valence-corrected chi connectivity index (χ3v) is 2.31. The number of aliphatic imine (C=N–C) groups is 1. The van der Waals surface area contributed by atoms with E-state index in [1.54, 1.807) is 0 Å².